The average molecular weight is 289 g/mol. The first-order chi connectivity index (χ1) is 9.91. The van der Waals surface area contributed by atoms with Gasteiger partial charge in [-0.3, -0.25) is 9.69 Å². The first-order valence-electron chi connectivity index (χ1n) is 7.98. The second kappa shape index (κ2) is 6.61. The van der Waals surface area contributed by atoms with Crippen LogP contribution in [-0.4, -0.2) is 29.1 Å². The van der Waals surface area contributed by atoms with Crippen LogP contribution in [-0.2, 0) is 16.8 Å². The largest absolute Gasteiger partial charge is 0.481 e. The van der Waals surface area contributed by atoms with E-state index in [-0.39, 0.29) is 6.42 Å². The monoisotopic (exact) mass is 289 g/mol. The summed E-state index contributed by atoms with van der Waals surface area (Å²) in [6.45, 7) is 8.50. The zero-order valence-corrected chi connectivity index (χ0v) is 13.4. The molecular weight excluding hydrogens is 262 g/mol. The van der Waals surface area contributed by atoms with Gasteiger partial charge in [0.15, 0.2) is 0 Å². The van der Waals surface area contributed by atoms with Crippen molar-refractivity contribution in [2.24, 2.45) is 5.92 Å². The molecule has 1 aliphatic rings. The Balaban J connectivity index is 2.25. The highest BCUT2D eigenvalue weighted by Gasteiger charge is 2.37. The molecule has 0 radical (unpaired) electrons. The van der Waals surface area contributed by atoms with Gasteiger partial charge in [0, 0.05) is 0 Å². The number of hydrogen-bond acceptors (Lipinski definition) is 2. The van der Waals surface area contributed by atoms with Crippen molar-refractivity contribution in [3.63, 3.8) is 0 Å². The lowest BCUT2D eigenvalue weighted by Crippen LogP contribution is -2.43. The van der Waals surface area contributed by atoms with Crippen molar-refractivity contribution in [2.75, 3.05) is 13.1 Å². The molecule has 3 heteroatoms. The highest BCUT2D eigenvalue weighted by atomic mass is 16.4. The smallest absolute Gasteiger partial charge is 0.305 e. The normalized spacial score (nSPS) is 18.9. The van der Waals surface area contributed by atoms with E-state index >= 15 is 0 Å². The number of aliphatic carboxylic acids is 1. The maximum Gasteiger partial charge on any atom is 0.305 e. The predicted octanol–water partition coefficient (Wildman–Crippen LogP) is 3.67. The number of hydrogen-bond donors (Lipinski definition) is 1. The molecule has 1 aromatic carbocycles. The Kier molecular flexibility index (Phi) is 5.04. The summed E-state index contributed by atoms with van der Waals surface area (Å²) in [7, 11) is 0. The van der Waals surface area contributed by atoms with E-state index in [0.29, 0.717) is 5.92 Å². The van der Waals surface area contributed by atoms with E-state index in [9.17, 15) is 9.90 Å². The second-order valence-electron chi connectivity index (χ2n) is 6.83. The Morgan fingerprint density at radius 1 is 1.24 bits per heavy atom. The van der Waals surface area contributed by atoms with Gasteiger partial charge in [-0.15, -0.1) is 0 Å². The lowest BCUT2D eigenvalue weighted by atomic mass is 9.86. The number of carbonyl (C=O) groups is 1. The second-order valence-corrected chi connectivity index (χ2v) is 6.83. The highest BCUT2D eigenvalue weighted by Crippen LogP contribution is 2.35. The van der Waals surface area contributed by atoms with Crippen molar-refractivity contribution in [3.8, 4) is 0 Å². The van der Waals surface area contributed by atoms with Crippen molar-refractivity contribution in [1.82, 2.24) is 4.90 Å². The molecule has 0 spiro atoms. The van der Waals surface area contributed by atoms with E-state index in [1.165, 1.54) is 18.4 Å². The number of rotatable bonds is 6. The Morgan fingerprint density at radius 2 is 1.81 bits per heavy atom. The maximum absolute atomic E-state index is 11.3. The van der Waals surface area contributed by atoms with E-state index < -0.39 is 11.5 Å². The zero-order chi connectivity index (χ0) is 15.5. The van der Waals surface area contributed by atoms with Gasteiger partial charge in [-0.05, 0) is 56.3 Å². The summed E-state index contributed by atoms with van der Waals surface area (Å²) in [5.74, 6) is -0.0875. The van der Waals surface area contributed by atoms with Gasteiger partial charge in [-0.25, -0.2) is 0 Å². The minimum atomic E-state index is -0.726. The lowest BCUT2D eigenvalue weighted by molar-refractivity contribution is -0.140. The Morgan fingerprint density at radius 3 is 2.29 bits per heavy atom. The van der Waals surface area contributed by atoms with Crippen LogP contribution in [0.25, 0.3) is 0 Å². The molecule has 116 valence electrons. The fourth-order valence-corrected chi connectivity index (χ4v) is 3.37. The van der Waals surface area contributed by atoms with Crippen LogP contribution in [0.5, 0.6) is 0 Å². The Labute approximate surface area is 128 Å². The van der Waals surface area contributed by atoms with Crippen molar-refractivity contribution in [2.45, 2.75) is 52.0 Å². The molecule has 1 fully saturated rings. The molecule has 2 rings (SSSR count). The van der Waals surface area contributed by atoms with Gasteiger partial charge < -0.3 is 5.11 Å². The van der Waals surface area contributed by atoms with E-state index in [1.54, 1.807) is 0 Å². The highest BCUT2D eigenvalue weighted by molar-refractivity contribution is 5.69. The molecule has 0 aliphatic carbocycles. The van der Waals surface area contributed by atoms with Gasteiger partial charge in [0.05, 0.1) is 12.0 Å². The molecule has 0 saturated carbocycles. The molecule has 0 amide bonds. The van der Waals surface area contributed by atoms with Crippen LogP contribution in [0.4, 0.5) is 0 Å². The first kappa shape index (κ1) is 16.0. The predicted molar refractivity (Wildman–Crippen MR) is 85.4 cm³/mol. The first-order valence-corrected chi connectivity index (χ1v) is 7.98. The van der Waals surface area contributed by atoms with Gasteiger partial charge in [0.2, 0.25) is 0 Å². The van der Waals surface area contributed by atoms with Gasteiger partial charge in [0.1, 0.15) is 0 Å². The third-order valence-corrected chi connectivity index (χ3v) is 4.52. The molecule has 1 N–H and O–H groups in total. The van der Waals surface area contributed by atoms with E-state index in [4.69, 9.17) is 0 Å². The van der Waals surface area contributed by atoms with Crippen LogP contribution in [0.1, 0.15) is 51.2 Å². The molecule has 1 atom stereocenters. The topological polar surface area (TPSA) is 40.5 Å². The molecule has 1 aromatic rings. The number of likely N-dealkylation sites (tertiary alicyclic amines) is 1. The fourth-order valence-electron chi connectivity index (χ4n) is 3.37. The molecule has 1 unspecified atom stereocenters. The van der Waals surface area contributed by atoms with E-state index in [0.717, 1.165) is 25.1 Å². The number of nitrogens with zero attached hydrogens (tertiary/aromatic N) is 1. The van der Waals surface area contributed by atoms with Crippen molar-refractivity contribution in [1.29, 1.82) is 0 Å². The number of carboxylic acid groups (broad SMARTS) is 1. The van der Waals surface area contributed by atoms with E-state index in [1.807, 2.05) is 0 Å². The molecule has 0 bridgehead atoms. The van der Waals surface area contributed by atoms with Crippen molar-refractivity contribution in [3.05, 3.63) is 35.4 Å². The van der Waals surface area contributed by atoms with Gasteiger partial charge in [-0.2, -0.15) is 0 Å². The molecule has 3 nitrogen and oxygen atoms in total. The third-order valence-electron chi connectivity index (χ3n) is 4.52. The summed E-state index contributed by atoms with van der Waals surface area (Å²) in [5, 5.41) is 9.32. The van der Waals surface area contributed by atoms with Gasteiger partial charge in [-0.1, -0.05) is 38.1 Å². The molecule has 1 heterocycles. The number of carboxylic acids is 1. The SMILES string of the molecule is CC(C)Cc1ccc(C(C)(CC(=O)O)N2CCCC2)cc1. The Hall–Kier alpha value is -1.35. The van der Waals surface area contributed by atoms with Gasteiger partial charge >= 0.3 is 5.97 Å². The summed E-state index contributed by atoms with van der Waals surface area (Å²) in [6, 6.07) is 8.56. The summed E-state index contributed by atoms with van der Waals surface area (Å²) < 4.78 is 0. The minimum absolute atomic E-state index is 0.163. The summed E-state index contributed by atoms with van der Waals surface area (Å²) in [5.41, 5.74) is 2.06. The summed E-state index contributed by atoms with van der Waals surface area (Å²) in [4.78, 5) is 13.7. The van der Waals surface area contributed by atoms with Crippen molar-refractivity contribution < 1.29 is 9.90 Å². The molecule has 1 aliphatic heterocycles. The molecule has 0 aromatic heterocycles. The van der Waals surface area contributed by atoms with Crippen LogP contribution in [0, 0.1) is 5.92 Å². The van der Waals surface area contributed by atoms with Crippen LogP contribution in [0.2, 0.25) is 0 Å². The fraction of sp³-hybridized carbons (Fsp3) is 0.611. The average Bonchev–Trinajstić information content (AvgIpc) is 2.92. The van der Waals surface area contributed by atoms with Crippen LogP contribution in [0.15, 0.2) is 24.3 Å². The molecule has 1 saturated heterocycles. The number of benzene rings is 1. The summed E-state index contributed by atoms with van der Waals surface area (Å²) >= 11 is 0. The lowest BCUT2D eigenvalue weighted by Gasteiger charge is -2.38. The van der Waals surface area contributed by atoms with Crippen LogP contribution < -0.4 is 0 Å². The quantitative estimate of drug-likeness (QED) is 0.868. The Bertz CT molecular complexity index is 474. The standard InChI is InChI=1S/C18H27NO2/c1-14(2)12-15-6-8-16(9-7-15)18(3,13-17(20)21)19-10-4-5-11-19/h6-9,14H,4-5,10-13H2,1-3H3,(H,20,21). The molecule has 21 heavy (non-hydrogen) atoms. The zero-order valence-electron chi connectivity index (χ0n) is 13.4. The maximum atomic E-state index is 11.3. The third kappa shape index (κ3) is 3.85. The van der Waals surface area contributed by atoms with Crippen LogP contribution >= 0.6 is 0 Å². The summed E-state index contributed by atoms with van der Waals surface area (Å²) in [6.07, 6.45) is 3.57. The van der Waals surface area contributed by atoms with E-state index in [2.05, 4.69) is 49.9 Å². The van der Waals surface area contributed by atoms with Crippen molar-refractivity contribution >= 4 is 5.97 Å². The van der Waals surface area contributed by atoms with Gasteiger partial charge in [0.25, 0.3) is 0 Å². The molecular formula is C18H27NO2. The van der Waals surface area contributed by atoms with Crippen LogP contribution in [0.3, 0.4) is 0 Å². The minimum Gasteiger partial charge on any atom is -0.481 e.